The second-order valence-electron chi connectivity index (χ2n) is 2.57. The summed E-state index contributed by atoms with van der Waals surface area (Å²) in [4.78, 5) is 0. The van der Waals surface area contributed by atoms with Crippen LogP contribution in [0.1, 0.15) is 12.5 Å². The molecule has 0 saturated heterocycles. The summed E-state index contributed by atoms with van der Waals surface area (Å²) in [5.41, 5.74) is 1.10. The molecule has 4 nitrogen and oxygen atoms in total. The van der Waals surface area contributed by atoms with Crippen LogP contribution in [0.2, 0.25) is 0 Å². The number of oxime groups is 1. The van der Waals surface area contributed by atoms with Crippen LogP contribution < -0.4 is 4.74 Å². The fraction of sp³-hybridized carbons (Fsp3) is 0.222. The first-order chi connectivity index (χ1) is 6.19. The minimum Gasteiger partial charge on any atom is -0.504 e. The Morgan fingerprint density at radius 2 is 2.15 bits per heavy atom. The number of ether oxygens (including phenoxy) is 1. The van der Waals surface area contributed by atoms with E-state index in [4.69, 9.17) is 9.94 Å². The van der Waals surface area contributed by atoms with Gasteiger partial charge in [0.15, 0.2) is 11.5 Å². The van der Waals surface area contributed by atoms with Crippen molar-refractivity contribution < 1.29 is 15.1 Å². The summed E-state index contributed by atoms with van der Waals surface area (Å²) >= 11 is 0. The van der Waals surface area contributed by atoms with Gasteiger partial charge in [0, 0.05) is 5.56 Å². The molecular formula is C9H11NO3. The van der Waals surface area contributed by atoms with Crippen LogP contribution in [0.25, 0.3) is 0 Å². The van der Waals surface area contributed by atoms with Crippen LogP contribution in [0.15, 0.2) is 23.4 Å². The fourth-order valence-electron chi connectivity index (χ4n) is 0.973. The fourth-order valence-corrected chi connectivity index (χ4v) is 0.973. The lowest BCUT2D eigenvalue weighted by Crippen LogP contribution is -1.94. The van der Waals surface area contributed by atoms with Crippen molar-refractivity contribution in [2.45, 2.75) is 6.92 Å². The lowest BCUT2D eigenvalue weighted by Gasteiger charge is -2.04. The number of hydrogen-bond acceptors (Lipinski definition) is 4. The Balaban J connectivity index is 3.10. The maximum Gasteiger partial charge on any atom is 0.160 e. The first kappa shape index (κ1) is 9.38. The Labute approximate surface area is 76.1 Å². The number of hydrogen-bond donors (Lipinski definition) is 2. The number of phenolic OH excluding ortho intramolecular Hbond substituents is 1. The van der Waals surface area contributed by atoms with Gasteiger partial charge in [0.1, 0.15) is 0 Å². The number of phenols is 1. The van der Waals surface area contributed by atoms with Crippen molar-refractivity contribution in [2.24, 2.45) is 5.16 Å². The van der Waals surface area contributed by atoms with E-state index in [2.05, 4.69) is 5.16 Å². The van der Waals surface area contributed by atoms with Crippen LogP contribution in [-0.2, 0) is 0 Å². The summed E-state index contributed by atoms with van der Waals surface area (Å²) in [5, 5.41) is 20.9. The van der Waals surface area contributed by atoms with Crippen LogP contribution in [0.5, 0.6) is 11.5 Å². The number of methoxy groups -OCH3 is 1. The minimum absolute atomic E-state index is 0.0306. The van der Waals surface area contributed by atoms with Crippen molar-refractivity contribution in [3.8, 4) is 11.5 Å². The van der Waals surface area contributed by atoms with Gasteiger partial charge in [-0.1, -0.05) is 5.16 Å². The zero-order chi connectivity index (χ0) is 9.84. The minimum atomic E-state index is 0.0306. The Bertz CT molecular complexity index is 334. The average molecular weight is 181 g/mol. The standard InChI is InChI=1S/C9H11NO3/c1-6(10-12)7-3-4-9(13-2)8(11)5-7/h3-5,11-12H,1-2H3/b10-6+. The topological polar surface area (TPSA) is 62.0 Å². The van der Waals surface area contributed by atoms with Crippen molar-refractivity contribution >= 4 is 5.71 Å². The Hall–Kier alpha value is -1.71. The van der Waals surface area contributed by atoms with E-state index in [1.54, 1.807) is 19.1 Å². The van der Waals surface area contributed by atoms with E-state index in [0.29, 0.717) is 17.0 Å². The molecule has 0 amide bonds. The van der Waals surface area contributed by atoms with Gasteiger partial charge in [0.05, 0.1) is 12.8 Å². The molecule has 2 N–H and O–H groups in total. The zero-order valence-electron chi connectivity index (χ0n) is 7.48. The van der Waals surface area contributed by atoms with Crippen LogP contribution in [0.4, 0.5) is 0 Å². The van der Waals surface area contributed by atoms with E-state index in [1.807, 2.05) is 0 Å². The van der Waals surface area contributed by atoms with E-state index < -0.39 is 0 Å². The lowest BCUT2D eigenvalue weighted by atomic mass is 10.1. The second kappa shape index (κ2) is 3.80. The highest BCUT2D eigenvalue weighted by Crippen LogP contribution is 2.26. The maximum atomic E-state index is 9.37. The Morgan fingerprint density at radius 1 is 1.46 bits per heavy atom. The van der Waals surface area contributed by atoms with Gasteiger partial charge in [-0.05, 0) is 25.1 Å². The number of aromatic hydroxyl groups is 1. The third-order valence-electron chi connectivity index (χ3n) is 1.75. The van der Waals surface area contributed by atoms with Gasteiger partial charge < -0.3 is 15.1 Å². The van der Waals surface area contributed by atoms with Gasteiger partial charge in [-0.25, -0.2) is 0 Å². The normalized spacial score (nSPS) is 11.4. The number of rotatable bonds is 2. The molecule has 0 aliphatic heterocycles. The summed E-state index contributed by atoms with van der Waals surface area (Å²) < 4.78 is 4.86. The molecule has 0 atom stereocenters. The van der Waals surface area contributed by atoms with E-state index in [9.17, 15) is 5.11 Å². The van der Waals surface area contributed by atoms with E-state index in [1.165, 1.54) is 13.2 Å². The van der Waals surface area contributed by atoms with Gasteiger partial charge in [-0.2, -0.15) is 0 Å². The number of benzene rings is 1. The third kappa shape index (κ3) is 1.90. The highest BCUT2D eigenvalue weighted by molar-refractivity contribution is 5.98. The molecule has 0 heterocycles. The zero-order valence-corrected chi connectivity index (χ0v) is 7.48. The maximum absolute atomic E-state index is 9.37. The first-order valence-electron chi connectivity index (χ1n) is 3.75. The first-order valence-corrected chi connectivity index (χ1v) is 3.75. The Kier molecular flexibility index (Phi) is 2.74. The molecule has 1 aromatic carbocycles. The molecule has 1 aromatic rings. The predicted molar refractivity (Wildman–Crippen MR) is 48.7 cm³/mol. The highest BCUT2D eigenvalue weighted by Gasteiger charge is 2.04. The molecule has 13 heavy (non-hydrogen) atoms. The predicted octanol–water partition coefficient (Wildman–Crippen LogP) is 1.60. The quantitative estimate of drug-likeness (QED) is 0.414. The summed E-state index contributed by atoms with van der Waals surface area (Å²) in [6.45, 7) is 1.64. The summed E-state index contributed by atoms with van der Waals surface area (Å²) in [7, 11) is 1.47. The molecule has 0 radical (unpaired) electrons. The van der Waals surface area contributed by atoms with Crippen LogP contribution in [0, 0.1) is 0 Å². The Morgan fingerprint density at radius 3 is 2.62 bits per heavy atom. The average Bonchev–Trinajstić information content (AvgIpc) is 2.16. The molecule has 70 valence electrons. The van der Waals surface area contributed by atoms with Crippen LogP contribution in [0.3, 0.4) is 0 Å². The smallest absolute Gasteiger partial charge is 0.160 e. The monoisotopic (exact) mass is 181 g/mol. The summed E-state index contributed by atoms with van der Waals surface area (Å²) in [6, 6.07) is 4.79. The second-order valence-corrected chi connectivity index (χ2v) is 2.57. The molecule has 0 aliphatic carbocycles. The van der Waals surface area contributed by atoms with Crippen molar-refractivity contribution in [1.82, 2.24) is 0 Å². The van der Waals surface area contributed by atoms with E-state index in [0.717, 1.165) is 0 Å². The number of nitrogens with zero attached hydrogens (tertiary/aromatic N) is 1. The van der Waals surface area contributed by atoms with Crippen molar-refractivity contribution in [2.75, 3.05) is 7.11 Å². The van der Waals surface area contributed by atoms with Gasteiger partial charge in [-0.15, -0.1) is 0 Å². The molecule has 0 saturated carbocycles. The SMILES string of the molecule is COc1ccc(/C(C)=N/O)cc1O. The largest absolute Gasteiger partial charge is 0.504 e. The van der Waals surface area contributed by atoms with Gasteiger partial charge in [-0.3, -0.25) is 0 Å². The molecular weight excluding hydrogens is 170 g/mol. The molecule has 0 unspecified atom stereocenters. The summed E-state index contributed by atoms with van der Waals surface area (Å²) in [5.74, 6) is 0.428. The van der Waals surface area contributed by atoms with Gasteiger partial charge in [0.2, 0.25) is 0 Å². The molecule has 1 rings (SSSR count). The molecule has 0 bridgehead atoms. The molecule has 0 aromatic heterocycles. The van der Waals surface area contributed by atoms with Crippen molar-refractivity contribution in [3.05, 3.63) is 23.8 Å². The van der Waals surface area contributed by atoms with Crippen LogP contribution in [-0.4, -0.2) is 23.1 Å². The molecule has 0 aliphatic rings. The van der Waals surface area contributed by atoms with E-state index in [-0.39, 0.29) is 5.75 Å². The van der Waals surface area contributed by atoms with Gasteiger partial charge in [0.25, 0.3) is 0 Å². The molecule has 0 spiro atoms. The summed E-state index contributed by atoms with van der Waals surface area (Å²) in [6.07, 6.45) is 0. The van der Waals surface area contributed by atoms with Crippen LogP contribution >= 0.6 is 0 Å². The molecule has 0 fully saturated rings. The van der Waals surface area contributed by atoms with Crippen molar-refractivity contribution in [1.29, 1.82) is 0 Å². The van der Waals surface area contributed by atoms with E-state index >= 15 is 0 Å². The lowest BCUT2D eigenvalue weighted by molar-refractivity contribution is 0.319. The van der Waals surface area contributed by atoms with Gasteiger partial charge >= 0.3 is 0 Å². The van der Waals surface area contributed by atoms with Crippen molar-refractivity contribution in [3.63, 3.8) is 0 Å². The highest BCUT2D eigenvalue weighted by atomic mass is 16.5. The third-order valence-corrected chi connectivity index (χ3v) is 1.75. The molecule has 4 heteroatoms.